The van der Waals surface area contributed by atoms with Gasteiger partial charge in [0.15, 0.2) is 11.6 Å². The predicted molar refractivity (Wildman–Crippen MR) is 81.5 cm³/mol. The summed E-state index contributed by atoms with van der Waals surface area (Å²) in [5.41, 5.74) is 2.37. The van der Waals surface area contributed by atoms with Crippen LogP contribution in [0.2, 0.25) is 0 Å². The quantitative estimate of drug-likeness (QED) is 0.762. The van der Waals surface area contributed by atoms with E-state index in [1.807, 2.05) is 31.2 Å². The van der Waals surface area contributed by atoms with E-state index in [0.717, 1.165) is 5.56 Å². The summed E-state index contributed by atoms with van der Waals surface area (Å²) in [6, 6.07) is 14.3. The number of aryl methyl sites for hydroxylation is 1. The number of rotatable bonds is 6. The van der Waals surface area contributed by atoms with Gasteiger partial charge in [0.1, 0.15) is 12.4 Å². The van der Waals surface area contributed by atoms with Crippen LogP contribution in [0.15, 0.2) is 48.5 Å². The van der Waals surface area contributed by atoms with Crippen molar-refractivity contribution in [1.82, 2.24) is 0 Å². The van der Waals surface area contributed by atoms with E-state index in [9.17, 15) is 9.59 Å². The summed E-state index contributed by atoms with van der Waals surface area (Å²) in [4.78, 5) is 23.4. The third kappa shape index (κ3) is 4.02. The van der Waals surface area contributed by atoms with E-state index in [1.54, 1.807) is 31.2 Å². The predicted octanol–water partition coefficient (Wildman–Crippen LogP) is 3.40. The average molecular weight is 281 g/mol. The molecule has 0 unspecified atom stereocenters. The molecule has 2 aromatic rings. The molecule has 3 nitrogen and oxygen atoms in total. The Morgan fingerprint density at radius 2 is 1.48 bits per heavy atom. The minimum atomic E-state index is -0.0743. The number of ether oxygens (including phenoxy) is 1. The van der Waals surface area contributed by atoms with E-state index in [0.29, 0.717) is 16.9 Å². The monoisotopic (exact) mass is 281 g/mol. The second-order valence-electron chi connectivity index (χ2n) is 4.76. The standard InChI is InChI=1S/C18H17O3/c1-3-16(19)12-21-17-10-8-15(9-11-17)18(20)14-6-4-13(2)5-7-14/h3-11H,12H2,1-2H3. The summed E-state index contributed by atoms with van der Waals surface area (Å²) in [5.74, 6) is 0.472. The Morgan fingerprint density at radius 3 is 2.00 bits per heavy atom. The molecule has 0 spiro atoms. The van der Waals surface area contributed by atoms with Gasteiger partial charge >= 0.3 is 0 Å². The van der Waals surface area contributed by atoms with Crippen LogP contribution in [-0.4, -0.2) is 18.2 Å². The topological polar surface area (TPSA) is 43.4 Å². The maximum absolute atomic E-state index is 12.3. The molecule has 2 rings (SSSR count). The van der Waals surface area contributed by atoms with Crippen molar-refractivity contribution in [2.75, 3.05) is 6.61 Å². The molecule has 21 heavy (non-hydrogen) atoms. The van der Waals surface area contributed by atoms with Crippen molar-refractivity contribution in [2.24, 2.45) is 0 Å². The van der Waals surface area contributed by atoms with Gasteiger partial charge in [-0.3, -0.25) is 9.59 Å². The number of hydrogen-bond donors (Lipinski definition) is 0. The van der Waals surface area contributed by atoms with Gasteiger partial charge < -0.3 is 4.74 Å². The van der Waals surface area contributed by atoms with Crippen molar-refractivity contribution in [2.45, 2.75) is 13.8 Å². The maximum atomic E-state index is 12.3. The Morgan fingerprint density at radius 1 is 0.952 bits per heavy atom. The third-order valence-electron chi connectivity index (χ3n) is 3.13. The lowest BCUT2D eigenvalue weighted by Crippen LogP contribution is -2.10. The Bertz CT molecular complexity index is 625. The highest BCUT2D eigenvalue weighted by atomic mass is 16.5. The molecule has 3 heteroatoms. The first-order chi connectivity index (χ1) is 10.1. The molecular formula is C18H17O3. The molecule has 1 radical (unpaired) electrons. The molecule has 0 N–H and O–H groups in total. The summed E-state index contributed by atoms with van der Waals surface area (Å²) in [5, 5.41) is 0. The van der Waals surface area contributed by atoms with E-state index in [1.165, 1.54) is 6.42 Å². The highest BCUT2D eigenvalue weighted by molar-refractivity contribution is 6.09. The van der Waals surface area contributed by atoms with Crippen LogP contribution in [0.1, 0.15) is 28.4 Å². The summed E-state index contributed by atoms with van der Waals surface area (Å²) in [6.45, 7) is 3.67. The zero-order chi connectivity index (χ0) is 15.2. The lowest BCUT2D eigenvalue weighted by atomic mass is 10.0. The van der Waals surface area contributed by atoms with Crippen LogP contribution in [0.3, 0.4) is 0 Å². The van der Waals surface area contributed by atoms with Gasteiger partial charge in [-0.05, 0) is 31.2 Å². The van der Waals surface area contributed by atoms with Gasteiger partial charge in [-0.15, -0.1) is 0 Å². The van der Waals surface area contributed by atoms with Crippen LogP contribution in [0.5, 0.6) is 5.75 Å². The number of hydrogen-bond acceptors (Lipinski definition) is 3. The van der Waals surface area contributed by atoms with Crippen molar-refractivity contribution in [3.63, 3.8) is 0 Å². The molecule has 0 fully saturated rings. The lowest BCUT2D eigenvalue weighted by Gasteiger charge is -2.06. The number of ketones is 2. The summed E-state index contributed by atoms with van der Waals surface area (Å²) >= 11 is 0. The number of carbonyl (C=O) groups excluding carboxylic acids is 2. The number of benzene rings is 2. The molecular weight excluding hydrogens is 264 g/mol. The second-order valence-corrected chi connectivity index (χ2v) is 4.76. The lowest BCUT2D eigenvalue weighted by molar-refractivity contribution is -0.117. The van der Waals surface area contributed by atoms with Crippen molar-refractivity contribution in [3.05, 3.63) is 71.6 Å². The van der Waals surface area contributed by atoms with Crippen LogP contribution in [-0.2, 0) is 4.79 Å². The van der Waals surface area contributed by atoms with E-state index in [2.05, 4.69) is 0 Å². The molecule has 0 heterocycles. The molecule has 0 aromatic heterocycles. The molecule has 0 aliphatic carbocycles. The van der Waals surface area contributed by atoms with Crippen LogP contribution in [0.25, 0.3) is 0 Å². The molecule has 0 atom stereocenters. The van der Waals surface area contributed by atoms with Gasteiger partial charge in [-0.25, -0.2) is 0 Å². The first-order valence-electron chi connectivity index (χ1n) is 6.76. The first-order valence-corrected chi connectivity index (χ1v) is 6.76. The number of Topliss-reactive ketones (excluding diaryl/α,β-unsaturated/α-hetero) is 1. The zero-order valence-electron chi connectivity index (χ0n) is 12.1. The average Bonchev–Trinajstić information content (AvgIpc) is 2.53. The van der Waals surface area contributed by atoms with E-state index < -0.39 is 0 Å². The normalized spacial score (nSPS) is 10.2. The summed E-state index contributed by atoms with van der Waals surface area (Å²) in [6.07, 6.45) is 1.47. The Labute approximate surface area is 124 Å². The van der Waals surface area contributed by atoms with Gasteiger partial charge in [-0.1, -0.05) is 36.8 Å². The molecule has 0 aliphatic rings. The van der Waals surface area contributed by atoms with Crippen LogP contribution in [0, 0.1) is 13.3 Å². The molecule has 0 aliphatic heterocycles. The van der Waals surface area contributed by atoms with Crippen LogP contribution >= 0.6 is 0 Å². The van der Waals surface area contributed by atoms with E-state index in [4.69, 9.17) is 4.74 Å². The molecule has 0 saturated carbocycles. The van der Waals surface area contributed by atoms with Gasteiger partial charge in [0.2, 0.25) is 0 Å². The molecule has 0 amide bonds. The Balaban J connectivity index is 2.06. The van der Waals surface area contributed by atoms with Crippen molar-refractivity contribution in [1.29, 1.82) is 0 Å². The van der Waals surface area contributed by atoms with Gasteiger partial charge in [-0.2, -0.15) is 0 Å². The maximum Gasteiger partial charge on any atom is 0.193 e. The van der Waals surface area contributed by atoms with Crippen LogP contribution < -0.4 is 4.74 Å². The SMILES string of the molecule is C[CH]C(=O)COc1ccc(C(=O)c2ccc(C)cc2)cc1. The van der Waals surface area contributed by atoms with Crippen molar-refractivity contribution >= 4 is 11.6 Å². The summed E-state index contributed by atoms with van der Waals surface area (Å²) < 4.78 is 5.32. The van der Waals surface area contributed by atoms with Gasteiger partial charge in [0.25, 0.3) is 0 Å². The summed E-state index contributed by atoms with van der Waals surface area (Å²) in [7, 11) is 0. The number of carbonyl (C=O) groups is 2. The fourth-order valence-electron chi connectivity index (χ4n) is 1.81. The van der Waals surface area contributed by atoms with Gasteiger partial charge in [0.05, 0.1) is 0 Å². The Kier molecular flexibility index (Phi) is 4.88. The third-order valence-corrected chi connectivity index (χ3v) is 3.13. The van der Waals surface area contributed by atoms with E-state index in [-0.39, 0.29) is 18.2 Å². The zero-order valence-corrected chi connectivity index (χ0v) is 12.1. The van der Waals surface area contributed by atoms with E-state index >= 15 is 0 Å². The van der Waals surface area contributed by atoms with Crippen LogP contribution in [0.4, 0.5) is 0 Å². The van der Waals surface area contributed by atoms with Crippen molar-refractivity contribution in [3.8, 4) is 5.75 Å². The smallest absolute Gasteiger partial charge is 0.193 e. The Hall–Kier alpha value is -2.42. The minimum Gasteiger partial charge on any atom is -0.486 e. The minimum absolute atomic E-state index is 0.0156. The van der Waals surface area contributed by atoms with Gasteiger partial charge in [0, 0.05) is 17.5 Å². The largest absolute Gasteiger partial charge is 0.486 e. The second kappa shape index (κ2) is 6.84. The highest BCUT2D eigenvalue weighted by Gasteiger charge is 2.09. The molecule has 0 bridgehead atoms. The van der Waals surface area contributed by atoms with Crippen molar-refractivity contribution < 1.29 is 14.3 Å². The first kappa shape index (κ1) is 15.0. The fraction of sp³-hybridized carbons (Fsp3) is 0.167. The fourth-order valence-corrected chi connectivity index (χ4v) is 1.81. The molecule has 107 valence electrons. The highest BCUT2D eigenvalue weighted by Crippen LogP contribution is 2.16. The molecule has 2 aromatic carbocycles. The molecule has 0 saturated heterocycles.